The lowest BCUT2D eigenvalue weighted by Crippen LogP contribution is -2.37. The Morgan fingerprint density at radius 1 is 1.00 bits per heavy atom. The van der Waals surface area contributed by atoms with Crippen LogP contribution < -0.4 is 4.90 Å². The Bertz CT molecular complexity index is 719. The second-order valence-corrected chi connectivity index (χ2v) is 5.95. The molecule has 3 nitrogen and oxygen atoms in total. The van der Waals surface area contributed by atoms with E-state index in [2.05, 4.69) is 0 Å². The lowest BCUT2D eigenvalue weighted by atomic mass is 10.00. The molecule has 1 amide bonds. The van der Waals surface area contributed by atoms with Crippen molar-refractivity contribution in [2.24, 2.45) is 10.9 Å². The number of benzene rings is 2. The number of benzodiazepines with no additional fused rings is 1. The van der Waals surface area contributed by atoms with E-state index in [4.69, 9.17) is 4.99 Å². The molecule has 2 aromatic carbocycles. The molecule has 0 spiro atoms. The molecule has 22 heavy (non-hydrogen) atoms. The number of likely N-dealkylation sites (N-methyl/N-ethyl adjacent to an activating group) is 1. The van der Waals surface area contributed by atoms with Gasteiger partial charge in [0.2, 0.25) is 0 Å². The molecule has 0 saturated heterocycles. The number of fused-ring (bicyclic) bond motifs is 1. The molecule has 2 aromatic rings. The van der Waals surface area contributed by atoms with Crippen LogP contribution in [0.5, 0.6) is 0 Å². The number of hydrogen-bond donors (Lipinski definition) is 0. The quantitative estimate of drug-likeness (QED) is 0.833. The van der Waals surface area contributed by atoms with Crippen LogP contribution >= 0.6 is 0 Å². The summed E-state index contributed by atoms with van der Waals surface area (Å²) in [5, 5.41) is 0. The van der Waals surface area contributed by atoms with Crippen molar-refractivity contribution in [1.82, 2.24) is 0 Å². The van der Waals surface area contributed by atoms with Gasteiger partial charge in [-0.15, -0.1) is 0 Å². The maximum atomic E-state index is 12.7. The first-order chi connectivity index (χ1) is 10.6. The molecule has 3 rings (SSSR count). The second-order valence-electron chi connectivity index (χ2n) is 5.95. The fourth-order valence-corrected chi connectivity index (χ4v) is 2.81. The molecule has 0 fully saturated rings. The number of nitrogens with zero attached hydrogens (tertiary/aromatic N) is 2. The molecular formula is C19H20N2O. The molecule has 0 aliphatic carbocycles. The van der Waals surface area contributed by atoms with E-state index in [1.54, 1.807) is 4.90 Å². The number of hydrogen-bond acceptors (Lipinski definition) is 2. The van der Waals surface area contributed by atoms with E-state index in [0.717, 1.165) is 22.5 Å². The van der Waals surface area contributed by atoms with Crippen LogP contribution in [-0.2, 0) is 4.79 Å². The average Bonchev–Trinajstić information content (AvgIpc) is 2.65. The Morgan fingerprint density at radius 2 is 1.64 bits per heavy atom. The Balaban J connectivity index is 2.25. The van der Waals surface area contributed by atoms with Crippen LogP contribution in [0, 0.1) is 5.92 Å². The van der Waals surface area contributed by atoms with Gasteiger partial charge in [-0.25, -0.2) is 0 Å². The monoisotopic (exact) mass is 292 g/mol. The number of amides is 1. The predicted molar refractivity (Wildman–Crippen MR) is 90.6 cm³/mol. The summed E-state index contributed by atoms with van der Waals surface area (Å²) in [7, 11) is 1.83. The van der Waals surface area contributed by atoms with Gasteiger partial charge in [0, 0.05) is 18.2 Å². The molecule has 3 heteroatoms. The van der Waals surface area contributed by atoms with E-state index in [-0.39, 0.29) is 17.9 Å². The second kappa shape index (κ2) is 5.76. The van der Waals surface area contributed by atoms with Crippen LogP contribution in [0.15, 0.2) is 59.6 Å². The van der Waals surface area contributed by atoms with Crippen LogP contribution in [0.1, 0.15) is 25.0 Å². The van der Waals surface area contributed by atoms with Crippen molar-refractivity contribution in [3.05, 3.63) is 65.7 Å². The van der Waals surface area contributed by atoms with Gasteiger partial charge in [0.1, 0.15) is 6.04 Å². The highest BCUT2D eigenvalue weighted by molar-refractivity contribution is 6.20. The number of carbonyl (C=O) groups is 1. The molecule has 0 N–H and O–H groups in total. The molecule has 0 saturated carbocycles. The Morgan fingerprint density at radius 3 is 2.32 bits per heavy atom. The van der Waals surface area contributed by atoms with Gasteiger partial charge in [-0.2, -0.15) is 0 Å². The molecular weight excluding hydrogens is 272 g/mol. The highest BCUT2D eigenvalue weighted by Gasteiger charge is 2.31. The maximum absolute atomic E-state index is 12.7. The lowest BCUT2D eigenvalue weighted by Gasteiger charge is -2.22. The predicted octanol–water partition coefficient (Wildman–Crippen LogP) is 3.53. The fraction of sp³-hybridized carbons (Fsp3) is 0.263. The first kappa shape index (κ1) is 14.5. The van der Waals surface area contributed by atoms with Crippen molar-refractivity contribution in [1.29, 1.82) is 0 Å². The molecule has 0 aromatic heterocycles. The molecule has 0 radical (unpaired) electrons. The van der Waals surface area contributed by atoms with Gasteiger partial charge in [0.05, 0.1) is 11.4 Å². The summed E-state index contributed by atoms with van der Waals surface area (Å²) in [6, 6.07) is 17.7. The van der Waals surface area contributed by atoms with Crippen LogP contribution in [0.4, 0.5) is 5.69 Å². The summed E-state index contributed by atoms with van der Waals surface area (Å²) in [6.07, 6.45) is 0. The van der Waals surface area contributed by atoms with E-state index in [1.165, 1.54) is 0 Å². The summed E-state index contributed by atoms with van der Waals surface area (Å²) in [5.74, 6) is 0.205. The average molecular weight is 292 g/mol. The topological polar surface area (TPSA) is 32.7 Å². The standard InChI is InChI=1S/C19H20N2O/c1-13(2)17-19(22)21(3)16-12-8-7-11-15(16)18(20-17)14-9-5-4-6-10-14/h4-13,17H,1-3H3/t17-/m1/s1. The van der Waals surface area contributed by atoms with Crippen molar-refractivity contribution in [2.45, 2.75) is 19.9 Å². The van der Waals surface area contributed by atoms with Crippen LogP contribution in [0.3, 0.4) is 0 Å². The minimum atomic E-state index is -0.354. The molecule has 0 bridgehead atoms. The van der Waals surface area contributed by atoms with E-state index in [0.29, 0.717) is 0 Å². The van der Waals surface area contributed by atoms with Crippen molar-refractivity contribution in [3.63, 3.8) is 0 Å². The SMILES string of the molecule is CC(C)[C@H]1N=C(c2ccccc2)c2ccccc2N(C)C1=O. The van der Waals surface area contributed by atoms with Gasteiger partial charge in [-0.05, 0) is 12.0 Å². The number of rotatable bonds is 2. The largest absolute Gasteiger partial charge is 0.313 e. The zero-order chi connectivity index (χ0) is 15.7. The Labute approximate surface area is 131 Å². The molecule has 112 valence electrons. The smallest absolute Gasteiger partial charge is 0.251 e. The Hall–Kier alpha value is -2.42. The lowest BCUT2D eigenvalue weighted by molar-refractivity contribution is -0.120. The van der Waals surface area contributed by atoms with E-state index < -0.39 is 0 Å². The maximum Gasteiger partial charge on any atom is 0.251 e. The normalized spacial score (nSPS) is 18.0. The third-order valence-corrected chi connectivity index (χ3v) is 4.05. The zero-order valence-electron chi connectivity index (χ0n) is 13.2. The van der Waals surface area contributed by atoms with Crippen LogP contribution in [0.25, 0.3) is 0 Å². The molecule has 1 aliphatic heterocycles. The van der Waals surface area contributed by atoms with Crippen LogP contribution in [-0.4, -0.2) is 24.7 Å². The van der Waals surface area contributed by atoms with E-state index >= 15 is 0 Å². The summed E-state index contributed by atoms with van der Waals surface area (Å²) in [4.78, 5) is 19.3. The summed E-state index contributed by atoms with van der Waals surface area (Å²) in [6.45, 7) is 4.08. The highest BCUT2D eigenvalue weighted by Crippen LogP contribution is 2.29. The van der Waals surface area contributed by atoms with Crippen molar-refractivity contribution < 1.29 is 4.79 Å². The number of para-hydroxylation sites is 1. The number of aliphatic imine (C=N–C) groups is 1. The van der Waals surface area contributed by atoms with Crippen molar-refractivity contribution in [3.8, 4) is 0 Å². The molecule has 1 atom stereocenters. The fourth-order valence-electron chi connectivity index (χ4n) is 2.81. The van der Waals surface area contributed by atoms with Crippen LogP contribution in [0.2, 0.25) is 0 Å². The van der Waals surface area contributed by atoms with Gasteiger partial charge in [0.15, 0.2) is 0 Å². The Kier molecular flexibility index (Phi) is 3.80. The molecule has 0 unspecified atom stereocenters. The number of carbonyl (C=O) groups excluding carboxylic acids is 1. The summed E-state index contributed by atoms with van der Waals surface area (Å²) < 4.78 is 0. The molecule has 1 aliphatic rings. The third kappa shape index (κ3) is 2.43. The third-order valence-electron chi connectivity index (χ3n) is 4.05. The summed E-state index contributed by atoms with van der Waals surface area (Å²) in [5.41, 5.74) is 3.86. The highest BCUT2D eigenvalue weighted by atomic mass is 16.2. The van der Waals surface area contributed by atoms with Gasteiger partial charge in [-0.3, -0.25) is 9.79 Å². The minimum absolute atomic E-state index is 0.0494. The minimum Gasteiger partial charge on any atom is -0.313 e. The number of anilines is 1. The van der Waals surface area contributed by atoms with Crippen molar-refractivity contribution in [2.75, 3.05) is 11.9 Å². The zero-order valence-corrected chi connectivity index (χ0v) is 13.2. The van der Waals surface area contributed by atoms with Gasteiger partial charge in [-0.1, -0.05) is 62.4 Å². The van der Waals surface area contributed by atoms with Gasteiger partial charge in [0.25, 0.3) is 5.91 Å². The first-order valence-electron chi connectivity index (χ1n) is 7.60. The van der Waals surface area contributed by atoms with E-state index in [1.807, 2.05) is 75.5 Å². The van der Waals surface area contributed by atoms with Crippen molar-refractivity contribution >= 4 is 17.3 Å². The van der Waals surface area contributed by atoms with E-state index in [9.17, 15) is 4.79 Å². The molecule has 1 heterocycles. The van der Waals surface area contributed by atoms with Gasteiger partial charge < -0.3 is 4.90 Å². The van der Waals surface area contributed by atoms with Gasteiger partial charge >= 0.3 is 0 Å². The first-order valence-corrected chi connectivity index (χ1v) is 7.60. The summed E-state index contributed by atoms with van der Waals surface area (Å²) >= 11 is 0.